The standard InChI is InChI=1S/C12H15Br2NO2/c1-2-6-15(7-5-13)12(17)9-3-4-10(14)11(16)8-9/h3-4,8,16H,2,5-7H2,1H3. The number of phenols is 1. The van der Waals surface area contributed by atoms with Crippen molar-refractivity contribution in [2.45, 2.75) is 13.3 Å². The molecule has 1 aromatic rings. The molecule has 0 bridgehead atoms. The van der Waals surface area contributed by atoms with E-state index in [2.05, 4.69) is 31.9 Å². The van der Waals surface area contributed by atoms with E-state index in [9.17, 15) is 9.90 Å². The third-order valence-corrected chi connectivity index (χ3v) is 3.35. The Kier molecular flexibility index (Phi) is 5.98. The number of benzene rings is 1. The van der Waals surface area contributed by atoms with Crippen molar-refractivity contribution in [1.82, 2.24) is 4.90 Å². The number of amides is 1. The summed E-state index contributed by atoms with van der Waals surface area (Å²) in [5.74, 6) is 0.0419. The van der Waals surface area contributed by atoms with Crippen molar-refractivity contribution in [3.8, 4) is 5.75 Å². The first kappa shape index (κ1) is 14.5. The van der Waals surface area contributed by atoms with Crippen LogP contribution in [0.3, 0.4) is 0 Å². The first-order valence-electron chi connectivity index (χ1n) is 5.44. The maximum absolute atomic E-state index is 12.2. The van der Waals surface area contributed by atoms with E-state index < -0.39 is 0 Å². The minimum atomic E-state index is -0.0471. The topological polar surface area (TPSA) is 40.5 Å². The van der Waals surface area contributed by atoms with Gasteiger partial charge in [0, 0.05) is 24.0 Å². The van der Waals surface area contributed by atoms with Crippen LogP contribution in [0.1, 0.15) is 23.7 Å². The van der Waals surface area contributed by atoms with Crippen LogP contribution in [0.5, 0.6) is 5.75 Å². The molecule has 0 aliphatic rings. The van der Waals surface area contributed by atoms with E-state index in [4.69, 9.17) is 0 Å². The number of rotatable bonds is 5. The van der Waals surface area contributed by atoms with Crippen molar-refractivity contribution in [3.63, 3.8) is 0 Å². The number of halogens is 2. The third-order valence-electron chi connectivity index (χ3n) is 2.33. The van der Waals surface area contributed by atoms with Gasteiger partial charge in [-0.3, -0.25) is 4.79 Å². The molecule has 0 aliphatic heterocycles. The van der Waals surface area contributed by atoms with E-state index in [1.54, 1.807) is 17.0 Å². The molecule has 0 radical (unpaired) electrons. The van der Waals surface area contributed by atoms with Gasteiger partial charge < -0.3 is 10.0 Å². The van der Waals surface area contributed by atoms with Gasteiger partial charge in [0.25, 0.3) is 5.91 Å². The molecule has 0 fully saturated rings. The van der Waals surface area contributed by atoms with Crippen LogP contribution < -0.4 is 0 Å². The fourth-order valence-electron chi connectivity index (χ4n) is 1.52. The second-order valence-corrected chi connectivity index (χ2v) is 5.29. The molecule has 17 heavy (non-hydrogen) atoms. The van der Waals surface area contributed by atoms with Crippen molar-refractivity contribution in [2.75, 3.05) is 18.4 Å². The van der Waals surface area contributed by atoms with Crippen molar-refractivity contribution in [1.29, 1.82) is 0 Å². The van der Waals surface area contributed by atoms with E-state index in [1.807, 2.05) is 6.92 Å². The number of carbonyl (C=O) groups is 1. The van der Waals surface area contributed by atoms with Gasteiger partial charge in [0.15, 0.2) is 0 Å². The number of aromatic hydroxyl groups is 1. The Labute approximate surface area is 118 Å². The Bertz CT molecular complexity index is 390. The van der Waals surface area contributed by atoms with E-state index in [0.717, 1.165) is 18.3 Å². The molecule has 0 atom stereocenters. The van der Waals surface area contributed by atoms with Gasteiger partial charge in [-0.15, -0.1) is 0 Å². The maximum atomic E-state index is 12.2. The zero-order chi connectivity index (χ0) is 12.8. The molecule has 1 aromatic carbocycles. The van der Waals surface area contributed by atoms with Crippen LogP contribution in [0, 0.1) is 0 Å². The lowest BCUT2D eigenvalue weighted by Gasteiger charge is -2.21. The number of hydrogen-bond acceptors (Lipinski definition) is 2. The van der Waals surface area contributed by atoms with Crippen LogP contribution in [0.25, 0.3) is 0 Å². The average Bonchev–Trinajstić information content (AvgIpc) is 2.31. The van der Waals surface area contributed by atoms with E-state index in [-0.39, 0.29) is 11.7 Å². The molecule has 0 saturated carbocycles. The quantitative estimate of drug-likeness (QED) is 0.813. The smallest absolute Gasteiger partial charge is 0.254 e. The minimum Gasteiger partial charge on any atom is -0.507 e. The summed E-state index contributed by atoms with van der Waals surface area (Å²) in [7, 11) is 0. The van der Waals surface area contributed by atoms with E-state index in [1.165, 1.54) is 6.07 Å². The first-order chi connectivity index (χ1) is 8.10. The first-order valence-corrected chi connectivity index (χ1v) is 7.35. The molecular weight excluding hydrogens is 350 g/mol. The highest BCUT2D eigenvalue weighted by Crippen LogP contribution is 2.24. The predicted octanol–water partition coefficient (Wildman–Crippen LogP) is 3.40. The van der Waals surface area contributed by atoms with Gasteiger partial charge in [0.2, 0.25) is 0 Å². The number of nitrogens with zero attached hydrogens (tertiary/aromatic N) is 1. The largest absolute Gasteiger partial charge is 0.507 e. The molecule has 0 heterocycles. The molecule has 5 heteroatoms. The number of hydrogen-bond donors (Lipinski definition) is 1. The Balaban J connectivity index is 2.88. The van der Waals surface area contributed by atoms with Gasteiger partial charge in [-0.25, -0.2) is 0 Å². The normalized spacial score (nSPS) is 10.3. The highest BCUT2D eigenvalue weighted by molar-refractivity contribution is 9.10. The Morgan fingerprint density at radius 2 is 2.12 bits per heavy atom. The summed E-state index contributed by atoms with van der Waals surface area (Å²) in [4.78, 5) is 13.9. The highest BCUT2D eigenvalue weighted by Gasteiger charge is 2.15. The summed E-state index contributed by atoms with van der Waals surface area (Å²) >= 11 is 6.53. The molecule has 0 unspecified atom stereocenters. The zero-order valence-electron chi connectivity index (χ0n) is 9.62. The molecule has 0 aromatic heterocycles. The lowest BCUT2D eigenvalue weighted by atomic mass is 10.2. The van der Waals surface area contributed by atoms with Crippen LogP contribution in [0.15, 0.2) is 22.7 Å². The minimum absolute atomic E-state index is 0.0471. The lowest BCUT2D eigenvalue weighted by molar-refractivity contribution is 0.0766. The molecule has 1 N–H and O–H groups in total. The number of carbonyl (C=O) groups excluding carboxylic acids is 1. The fourth-order valence-corrected chi connectivity index (χ4v) is 2.19. The molecule has 0 spiro atoms. The van der Waals surface area contributed by atoms with Crippen LogP contribution in [-0.2, 0) is 0 Å². The van der Waals surface area contributed by atoms with Crippen molar-refractivity contribution >= 4 is 37.8 Å². The summed E-state index contributed by atoms with van der Waals surface area (Å²) in [5.41, 5.74) is 0.514. The maximum Gasteiger partial charge on any atom is 0.254 e. The Morgan fingerprint density at radius 1 is 1.41 bits per heavy atom. The SMILES string of the molecule is CCCN(CCBr)C(=O)c1ccc(Br)c(O)c1. The molecule has 3 nitrogen and oxygen atoms in total. The second-order valence-electron chi connectivity index (χ2n) is 3.65. The average molecular weight is 365 g/mol. The summed E-state index contributed by atoms with van der Waals surface area (Å²) in [6, 6.07) is 4.88. The van der Waals surface area contributed by atoms with E-state index >= 15 is 0 Å². The van der Waals surface area contributed by atoms with Gasteiger partial charge in [-0.1, -0.05) is 22.9 Å². The van der Waals surface area contributed by atoms with Gasteiger partial charge in [-0.2, -0.15) is 0 Å². The molecule has 0 saturated heterocycles. The molecule has 0 aliphatic carbocycles. The van der Waals surface area contributed by atoms with Gasteiger partial charge in [0.05, 0.1) is 4.47 Å². The summed E-state index contributed by atoms with van der Waals surface area (Å²) < 4.78 is 0.594. The van der Waals surface area contributed by atoms with Gasteiger partial charge in [0.1, 0.15) is 5.75 Å². The van der Waals surface area contributed by atoms with Crippen LogP contribution in [0.2, 0.25) is 0 Å². The third kappa shape index (κ3) is 4.00. The highest BCUT2D eigenvalue weighted by atomic mass is 79.9. The zero-order valence-corrected chi connectivity index (χ0v) is 12.8. The predicted molar refractivity (Wildman–Crippen MR) is 75.8 cm³/mol. The molecular formula is C12H15Br2NO2. The van der Waals surface area contributed by atoms with Crippen molar-refractivity contribution < 1.29 is 9.90 Å². The molecule has 94 valence electrons. The van der Waals surface area contributed by atoms with Gasteiger partial charge in [-0.05, 0) is 40.5 Å². The van der Waals surface area contributed by atoms with E-state index in [0.29, 0.717) is 16.6 Å². The number of alkyl halides is 1. The number of phenolic OH excluding ortho intramolecular Hbond substituents is 1. The summed E-state index contributed by atoms with van der Waals surface area (Å²) in [6.45, 7) is 3.43. The van der Waals surface area contributed by atoms with Crippen LogP contribution in [0.4, 0.5) is 0 Å². The van der Waals surface area contributed by atoms with Crippen LogP contribution >= 0.6 is 31.9 Å². The Morgan fingerprint density at radius 3 is 2.65 bits per heavy atom. The van der Waals surface area contributed by atoms with Crippen LogP contribution in [-0.4, -0.2) is 34.3 Å². The molecule has 1 rings (SSSR count). The lowest BCUT2D eigenvalue weighted by Crippen LogP contribution is -2.33. The molecule has 1 amide bonds. The van der Waals surface area contributed by atoms with Crippen molar-refractivity contribution in [3.05, 3.63) is 28.2 Å². The van der Waals surface area contributed by atoms with Crippen molar-refractivity contribution in [2.24, 2.45) is 0 Å². The second kappa shape index (κ2) is 7.01. The van der Waals surface area contributed by atoms with Gasteiger partial charge >= 0.3 is 0 Å². The fraction of sp³-hybridized carbons (Fsp3) is 0.417. The summed E-state index contributed by atoms with van der Waals surface area (Å²) in [5, 5.41) is 10.3. The Hall–Kier alpha value is -0.550. The summed E-state index contributed by atoms with van der Waals surface area (Å²) in [6.07, 6.45) is 0.918. The monoisotopic (exact) mass is 363 g/mol.